The monoisotopic (exact) mass is 1690 g/mol. The number of Topliss-reactive ketones (excluding diaryl/α,β-unsaturated/α-hetero) is 1. The second-order valence-corrected chi connectivity index (χ2v) is 41.2. The van der Waals surface area contributed by atoms with Crippen LogP contribution in [0.2, 0.25) is 19.6 Å². The third-order valence-corrected chi connectivity index (χ3v) is 28.0. The van der Waals surface area contributed by atoms with E-state index in [1.54, 1.807) is 10.1 Å². The van der Waals surface area contributed by atoms with E-state index in [-0.39, 0.29) is 21.7 Å². The molecular weight excluding hydrogens is 1590 g/mol. The average Bonchev–Trinajstić information content (AvgIpc) is 1.54. The molecule has 2 fully saturated rings. The third kappa shape index (κ3) is 15.9. The molecule has 572 valence electrons. The van der Waals surface area contributed by atoms with Gasteiger partial charge in [0.25, 0.3) is 0 Å². The van der Waals surface area contributed by atoms with Crippen molar-refractivity contribution in [3.05, 3.63) is 284 Å². The Morgan fingerprint density at radius 1 is 0.500 bits per heavy atom. The molecule has 112 heavy (non-hydrogen) atoms. The molecule has 0 aromatic heterocycles. The number of aryl methyl sites for hydroxylation is 8. The predicted octanol–water partition coefficient (Wildman–Crippen LogP) is 20.1. The molecule has 0 amide bonds. The van der Waals surface area contributed by atoms with Gasteiger partial charge < -0.3 is 11.5 Å². The Balaban J connectivity index is 0.000000113. The van der Waals surface area contributed by atoms with Gasteiger partial charge in [0.05, 0.1) is 5.71 Å². The van der Waals surface area contributed by atoms with Crippen LogP contribution < -0.4 is 11.5 Å². The molecule has 2 atom stereocenters. The lowest BCUT2D eigenvalue weighted by atomic mass is 9.71. The predicted molar refractivity (Wildman–Crippen MR) is 464 cm³/mol. The first-order chi connectivity index (χ1) is 54.0. The van der Waals surface area contributed by atoms with Gasteiger partial charge in [-0.05, 0) is 301 Å². The smallest absolute Gasteiger partial charge is 0.220 e. The van der Waals surface area contributed by atoms with Crippen LogP contribution in [0.15, 0.2) is 209 Å². The van der Waals surface area contributed by atoms with Crippen LogP contribution in [0.3, 0.4) is 0 Å². The minimum atomic E-state index is -1.21. The van der Waals surface area contributed by atoms with Crippen molar-refractivity contribution in [2.75, 3.05) is 14.1 Å². The van der Waals surface area contributed by atoms with Gasteiger partial charge in [0.15, 0.2) is 14.0 Å². The van der Waals surface area contributed by atoms with Gasteiger partial charge in [0.2, 0.25) is 29.6 Å². The Bertz CT molecular complexity index is 5180. The number of nitriles is 1. The quantitative estimate of drug-likeness (QED) is 0.0709. The first-order valence-electron chi connectivity index (χ1n) is 40.1. The van der Waals surface area contributed by atoms with Crippen LogP contribution in [-0.2, 0) is 98.2 Å². The summed E-state index contributed by atoms with van der Waals surface area (Å²) in [6, 6.07) is 60.7. The first kappa shape index (κ1) is 78.5. The summed E-state index contributed by atoms with van der Waals surface area (Å²) in [5.74, 6) is 14.5. The number of halogens is 3. The highest BCUT2D eigenvalue weighted by atomic mass is 79.9. The topological polar surface area (TPSA) is 167 Å². The van der Waals surface area contributed by atoms with Crippen LogP contribution in [0.4, 0.5) is 0 Å². The summed E-state index contributed by atoms with van der Waals surface area (Å²) in [5, 5.41) is 12.5. The lowest BCUT2D eigenvalue weighted by Crippen LogP contribution is -2.43. The van der Waals surface area contributed by atoms with Gasteiger partial charge in [-0.1, -0.05) is 181 Å². The Labute approximate surface area is 688 Å². The van der Waals surface area contributed by atoms with Gasteiger partial charge in [0, 0.05) is 88.8 Å². The number of hydroxylamine groups is 4. The lowest BCUT2D eigenvalue weighted by Gasteiger charge is -2.40. The summed E-state index contributed by atoms with van der Waals surface area (Å²) >= 11 is 10.7. The van der Waals surface area contributed by atoms with Crippen molar-refractivity contribution in [1.29, 1.82) is 5.26 Å². The van der Waals surface area contributed by atoms with Crippen LogP contribution in [0.5, 0.6) is 0 Å². The van der Waals surface area contributed by atoms with Gasteiger partial charge >= 0.3 is 0 Å². The van der Waals surface area contributed by atoms with Crippen molar-refractivity contribution in [2.45, 2.75) is 185 Å². The molecule has 2 aliphatic heterocycles. The molecule has 4 N–H and O–H groups in total. The Morgan fingerprint density at radius 3 is 1.25 bits per heavy atom. The van der Waals surface area contributed by atoms with Crippen molar-refractivity contribution in [3.8, 4) is 30.4 Å². The van der Waals surface area contributed by atoms with E-state index in [1.165, 1.54) is 92.4 Å². The summed E-state index contributed by atoms with van der Waals surface area (Å²) in [5.41, 5.74) is 33.9. The molecule has 12 nitrogen and oxygen atoms in total. The number of rotatable bonds is 1. The largest absolute Gasteiger partial charge is 0.368 e. The van der Waals surface area contributed by atoms with Crippen molar-refractivity contribution in [3.63, 3.8) is 0 Å². The fourth-order valence-electron chi connectivity index (χ4n) is 19.3. The molecule has 2 unspecified atom stereocenters. The molecule has 8 aromatic carbocycles. The van der Waals surface area contributed by atoms with E-state index < -0.39 is 19.7 Å². The molecule has 0 radical (unpaired) electrons. The van der Waals surface area contributed by atoms with Gasteiger partial charge in [-0.15, -0.1) is 12.3 Å². The number of hydrogen-bond donors (Lipinski definition) is 2. The molecule has 12 aliphatic rings. The molecule has 2 heterocycles. The SMILES string of the molecule is C#CC1CC1.C=C=N[Si](C)(C)C.CN1OC2(N=C1N)c1cc(Br)ccc1CC21CCc2ccccc2CC1.CN1OC2(N=C1N)c1cc(C#CC3CC3)ccc1CC21CCc2ccccc2CC1.N#CN=C1c2cc(Br)ccc2CC12CCc1ccccc1CC2.O=C1c2cc(Br)ccc2CC12CCc1ccccc1CC2. The Morgan fingerprint density at radius 2 is 0.875 bits per heavy atom. The third-order valence-electron chi connectivity index (χ3n) is 25.7. The summed E-state index contributed by atoms with van der Waals surface area (Å²) in [4.78, 5) is 40.2. The first-order valence-corrected chi connectivity index (χ1v) is 45.9. The number of terminal acetylenes is 1. The van der Waals surface area contributed by atoms with E-state index in [4.69, 9.17) is 37.6 Å². The second-order valence-electron chi connectivity index (χ2n) is 33.9. The summed E-state index contributed by atoms with van der Waals surface area (Å²) in [6.07, 6.45) is 32.6. The lowest BCUT2D eigenvalue weighted by molar-refractivity contribution is -0.224. The van der Waals surface area contributed by atoms with E-state index in [0.717, 1.165) is 175 Å². The number of hydrogen-bond acceptors (Lipinski definition) is 12. The highest BCUT2D eigenvalue weighted by Gasteiger charge is 2.64. The van der Waals surface area contributed by atoms with Crippen molar-refractivity contribution >= 4 is 85.3 Å². The van der Waals surface area contributed by atoms with Crippen LogP contribution in [0.25, 0.3) is 0 Å². The van der Waals surface area contributed by atoms with Crippen LogP contribution in [0.1, 0.15) is 176 Å². The molecule has 0 saturated heterocycles. The maximum absolute atomic E-state index is 13.0. The summed E-state index contributed by atoms with van der Waals surface area (Å²) in [6.45, 7) is 9.82. The van der Waals surface area contributed by atoms with Crippen LogP contribution in [-0.4, -0.2) is 61.7 Å². The molecule has 16 heteroatoms. The number of ketones is 1. The van der Waals surface area contributed by atoms with Gasteiger partial charge in [-0.2, -0.15) is 10.3 Å². The number of guanidine groups is 2. The Hall–Kier alpha value is -8.72. The summed E-state index contributed by atoms with van der Waals surface area (Å²) in [7, 11) is 2.51. The zero-order valence-electron chi connectivity index (χ0n) is 65.2. The number of fused-ring (bicyclic) bond motifs is 12. The van der Waals surface area contributed by atoms with E-state index >= 15 is 0 Å². The maximum atomic E-state index is 13.0. The number of carbonyl (C=O) groups excluding carboxylic acids is 1. The zero-order chi connectivity index (χ0) is 78.2. The van der Waals surface area contributed by atoms with Crippen LogP contribution >= 0.6 is 47.8 Å². The van der Waals surface area contributed by atoms with Gasteiger partial charge in [0.1, 0.15) is 0 Å². The Kier molecular flexibility index (Phi) is 22.6. The van der Waals surface area contributed by atoms with Crippen molar-refractivity contribution in [1.82, 2.24) is 10.1 Å². The molecule has 6 spiro atoms. The maximum Gasteiger partial charge on any atom is 0.220 e. The van der Waals surface area contributed by atoms with E-state index in [1.807, 2.05) is 20.2 Å². The van der Waals surface area contributed by atoms with E-state index in [2.05, 4.69) is 277 Å². The highest BCUT2D eigenvalue weighted by Crippen LogP contribution is 2.63. The van der Waals surface area contributed by atoms with Crippen molar-refractivity contribution in [2.24, 2.45) is 64.6 Å². The number of carbonyl (C=O) groups is 1. The minimum absolute atomic E-state index is 0.0118. The fourth-order valence-corrected chi connectivity index (χ4v) is 20.8. The minimum Gasteiger partial charge on any atom is -0.368 e. The van der Waals surface area contributed by atoms with Crippen molar-refractivity contribution < 1.29 is 14.5 Å². The number of aliphatic imine (C=N–C) groups is 3. The molecule has 10 aliphatic carbocycles. The molecule has 20 rings (SSSR count). The highest BCUT2D eigenvalue weighted by molar-refractivity contribution is 9.11. The standard InChI is InChI=1S/C26H27N3O.C21H22BrN3O.C20H17BrN2.C19H17BrO.C5H11NSi.C5H6/c1-29-24(27)28-26(30-29)23-16-19(9-8-18-6-7-18)10-11-22(23)17-25(26)14-12-20-4-2-3-5-21(20)13-15-25;1-25-19(23)24-21(26-25)18-12-17(22)7-6-16(18)13-20(21)10-8-14-4-2-3-5-15(14)9-11-20;21-17-6-5-16-12-20(19(23-13-22)18(16)11-17)9-7-14-3-1-2-4-15(14)8-10-20;20-16-6-5-15-12-19(18(21)17(15)11-16)9-7-13-3-1-2-4-14(13)8-10-19;1-5-6-7(2,3)4;1-2-5-3-4-5/h2-5,10-11,16,18H,6-7,12-15,17H2,1H3,(H2,27,28);2-7,12H,8-11,13H2,1H3,(H2,23,24);1-6,11H,7-10,12H2;1-6,11H,7-10,12H2;1H2,2-4H3;1,5H,3-4H2. The van der Waals surface area contributed by atoms with E-state index in [9.17, 15) is 10.1 Å². The number of benzene rings is 8. The van der Waals surface area contributed by atoms with Gasteiger partial charge in [-0.25, -0.2) is 29.8 Å². The number of nitrogens with two attached hydrogens (primary N) is 2. The normalized spacial score (nSPS) is 22.3. The fraction of sp³-hybridized carbons (Fsp3) is 0.385. The molecule has 2 saturated carbocycles. The van der Waals surface area contributed by atoms with E-state index in [0.29, 0.717) is 29.5 Å². The zero-order valence-corrected chi connectivity index (χ0v) is 71.0. The summed E-state index contributed by atoms with van der Waals surface area (Å²) < 4.78 is 7.14. The molecular formula is C96H100Br3N9O3Si. The molecule has 8 aromatic rings. The second kappa shape index (κ2) is 32.3. The van der Waals surface area contributed by atoms with Gasteiger partial charge in [-0.3, -0.25) is 9.45 Å². The van der Waals surface area contributed by atoms with Crippen LogP contribution in [0, 0.1) is 69.1 Å². The number of nitrogens with zero attached hydrogens (tertiary/aromatic N) is 7. The molecule has 0 bridgehead atoms. The average molecular weight is 1700 g/mol.